The van der Waals surface area contributed by atoms with Crippen molar-refractivity contribution in [2.24, 2.45) is 0 Å². The summed E-state index contributed by atoms with van der Waals surface area (Å²) in [5.41, 5.74) is 2.08. The molecule has 3 nitrogen and oxygen atoms in total. The van der Waals surface area contributed by atoms with Gasteiger partial charge in [0.1, 0.15) is 0 Å². The quantitative estimate of drug-likeness (QED) is 0.640. The molecule has 0 amide bonds. The second-order valence-electron chi connectivity index (χ2n) is 8.25. The van der Waals surface area contributed by atoms with Gasteiger partial charge in [-0.3, -0.25) is 4.90 Å². The van der Waals surface area contributed by atoms with E-state index >= 15 is 0 Å². The van der Waals surface area contributed by atoms with E-state index in [4.69, 9.17) is 0 Å². The zero-order valence-corrected chi connectivity index (χ0v) is 19.2. The van der Waals surface area contributed by atoms with Crippen molar-refractivity contribution >= 4 is 24.8 Å². The molecule has 1 aliphatic heterocycles. The van der Waals surface area contributed by atoms with Crippen molar-refractivity contribution in [1.29, 1.82) is 0 Å². The lowest BCUT2D eigenvalue weighted by atomic mass is 10.0. The maximum atomic E-state index is 12.9. The summed E-state index contributed by atoms with van der Waals surface area (Å²) in [6.45, 7) is 6.67. The van der Waals surface area contributed by atoms with E-state index in [9.17, 15) is 13.2 Å². The Hall–Kier alpha value is -1.31. The molecule has 1 N–H and O–H groups in total. The first-order chi connectivity index (χ1) is 13.9. The van der Waals surface area contributed by atoms with Gasteiger partial charge in [-0.15, -0.1) is 24.8 Å². The summed E-state index contributed by atoms with van der Waals surface area (Å²) >= 11 is 0. The first kappa shape index (κ1) is 25.9. The number of likely N-dealkylation sites (N-methyl/N-ethyl adjacent to an activating group) is 1. The summed E-state index contributed by atoms with van der Waals surface area (Å²) in [7, 11) is 2.17. The molecule has 2 atom stereocenters. The summed E-state index contributed by atoms with van der Waals surface area (Å²) in [5, 5.41) is 3.65. The molecule has 2 aromatic rings. The minimum absolute atomic E-state index is 0. The lowest BCUT2D eigenvalue weighted by molar-refractivity contribution is -0.137. The lowest BCUT2D eigenvalue weighted by Crippen LogP contribution is -2.46. The molecule has 0 aromatic heterocycles. The molecule has 172 valence electrons. The number of rotatable bonds is 6. The normalized spacial score (nSPS) is 21.8. The number of hydrogen-bond donors (Lipinski definition) is 1. The number of alkyl halides is 3. The molecule has 31 heavy (non-hydrogen) atoms. The fourth-order valence-corrected chi connectivity index (χ4v) is 4.07. The van der Waals surface area contributed by atoms with Crippen molar-refractivity contribution < 1.29 is 13.2 Å². The zero-order valence-electron chi connectivity index (χ0n) is 17.6. The van der Waals surface area contributed by atoms with Gasteiger partial charge in [-0.05, 0) is 42.3 Å². The number of hydrogen-bond acceptors (Lipinski definition) is 3. The van der Waals surface area contributed by atoms with Crippen LogP contribution in [0.25, 0.3) is 11.1 Å². The first-order valence-corrected chi connectivity index (χ1v) is 10.3. The topological polar surface area (TPSA) is 18.5 Å². The molecule has 0 radical (unpaired) electrons. The summed E-state index contributed by atoms with van der Waals surface area (Å²) in [4.78, 5) is 4.87. The third-order valence-electron chi connectivity index (χ3n) is 6.08. The minimum atomic E-state index is -4.31. The average Bonchev–Trinajstić information content (AvgIpc) is 3.49. The van der Waals surface area contributed by atoms with Crippen LogP contribution in [-0.4, -0.2) is 62.2 Å². The molecule has 0 unspecified atom stereocenters. The van der Waals surface area contributed by atoms with Crippen LogP contribution in [0.1, 0.15) is 23.5 Å². The van der Waals surface area contributed by atoms with E-state index in [1.165, 1.54) is 17.7 Å². The van der Waals surface area contributed by atoms with Crippen molar-refractivity contribution in [2.75, 3.05) is 46.3 Å². The molecule has 1 saturated carbocycles. The Bertz CT molecular complexity index is 822. The lowest BCUT2D eigenvalue weighted by Gasteiger charge is -2.32. The highest BCUT2D eigenvalue weighted by atomic mass is 35.5. The SMILES string of the molecule is CN1CCN(CCN[C@@H]2C[C@H]2c2ccc(-c3cccc(C(F)(F)F)c3)cc2)CC1.Cl.Cl. The highest BCUT2D eigenvalue weighted by Gasteiger charge is 2.37. The largest absolute Gasteiger partial charge is 0.416 e. The number of nitrogens with one attached hydrogen (secondary N) is 1. The number of piperazine rings is 1. The van der Waals surface area contributed by atoms with Crippen molar-refractivity contribution in [2.45, 2.75) is 24.6 Å². The van der Waals surface area contributed by atoms with Crippen LogP contribution in [0.2, 0.25) is 0 Å². The van der Waals surface area contributed by atoms with Crippen LogP contribution >= 0.6 is 24.8 Å². The van der Waals surface area contributed by atoms with Crippen LogP contribution in [0.15, 0.2) is 48.5 Å². The van der Waals surface area contributed by atoms with E-state index < -0.39 is 11.7 Å². The van der Waals surface area contributed by atoms with Crippen LogP contribution in [0.3, 0.4) is 0 Å². The second kappa shape index (κ2) is 11.0. The molecule has 1 heterocycles. The number of nitrogens with zero attached hydrogens (tertiary/aromatic N) is 2. The van der Waals surface area contributed by atoms with Crippen LogP contribution in [0, 0.1) is 0 Å². The Morgan fingerprint density at radius 3 is 2.26 bits per heavy atom. The van der Waals surface area contributed by atoms with Crippen LogP contribution in [0.5, 0.6) is 0 Å². The van der Waals surface area contributed by atoms with Crippen molar-refractivity contribution in [3.05, 3.63) is 59.7 Å². The van der Waals surface area contributed by atoms with E-state index in [2.05, 4.69) is 34.3 Å². The Balaban J connectivity index is 0.00000171. The number of benzene rings is 2. The van der Waals surface area contributed by atoms with Crippen LogP contribution < -0.4 is 5.32 Å². The van der Waals surface area contributed by atoms with E-state index in [0.717, 1.165) is 57.3 Å². The zero-order chi connectivity index (χ0) is 20.4. The highest BCUT2D eigenvalue weighted by Crippen LogP contribution is 2.41. The van der Waals surface area contributed by atoms with E-state index in [1.807, 2.05) is 12.1 Å². The van der Waals surface area contributed by atoms with Gasteiger partial charge in [-0.2, -0.15) is 13.2 Å². The first-order valence-electron chi connectivity index (χ1n) is 10.3. The molecule has 0 bridgehead atoms. The predicted molar refractivity (Wildman–Crippen MR) is 124 cm³/mol. The van der Waals surface area contributed by atoms with Crippen molar-refractivity contribution in [1.82, 2.24) is 15.1 Å². The monoisotopic (exact) mass is 475 g/mol. The van der Waals surface area contributed by atoms with Gasteiger partial charge in [-0.25, -0.2) is 0 Å². The van der Waals surface area contributed by atoms with Crippen molar-refractivity contribution in [3.8, 4) is 11.1 Å². The van der Waals surface area contributed by atoms with Gasteiger partial charge in [-0.1, -0.05) is 36.4 Å². The summed E-state index contributed by atoms with van der Waals surface area (Å²) in [6.07, 6.45) is -3.18. The van der Waals surface area contributed by atoms with Gasteiger partial charge in [0.15, 0.2) is 0 Å². The van der Waals surface area contributed by atoms with Gasteiger partial charge in [0.25, 0.3) is 0 Å². The Labute approximate surface area is 194 Å². The summed E-state index contributed by atoms with van der Waals surface area (Å²) in [6, 6.07) is 14.0. The van der Waals surface area contributed by atoms with E-state index in [1.54, 1.807) is 6.07 Å². The molecular weight excluding hydrogens is 446 g/mol. The number of halogens is 5. The van der Waals surface area contributed by atoms with E-state index in [-0.39, 0.29) is 24.8 Å². The van der Waals surface area contributed by atoms with E-state index in [0.29, 0.717) is 17.5 Å². The summed E-state index contributed by atoms with van der Waals surface area (Å²) in [5.74, 6) is 0.512. The second-order valence-corrected chi connectivity index (χ2v) is 8.25. The average molecular weight is 476 g/mol. The van der Waals surface area contributed by atoms with Gasteiger partial charge in [0.2, 0.25) is 0 Å². The molecule has 2 aromatic carbocycles. The molecule has 8 heteroatoms. The molecule has 2 fully saturated rings. The fraction of sp³-hybridized carbons (Fsp3) is 0.478. The fourth-order valence-electron chi connectivity index (χ4n) is 4.07. The molecule has 4 rings (SSSR count). The Kier molecular flexibility index (Phi) is 9.22. The third kappa shape index (κ3) is 6.83. The minimum Gasteiger partial charge on any atom is -0.312 e. The van der Waals surface area contributed by atoms with Gasteiger partial charge in [0.05, 0.1) is 5.56 Å². The summed E-state index contributed by atoms with van der Waals surface area (Å²) < 4.78 is 38.8. The van der Waals surface area contributed by atoms with Gasteiger partial charge in [0, 0.05) is 51.2 Å². The molecular formula is C23H30Cl2F3N3. The Morgan fingerprint density at radius 1 is 0.935 bits per heavy atom. The van der Waals surface area contributed by atoms with Crippen molar-refractivity contribution in [3.63, 3.8) is 0 Å². The van der Waals surface area contributed by atoms with Crippen LogP contribution in [-0.2, 0) is 6.18 Å². The standard InChI is InChI=1S/C23H28F3N3.2ClH/c1-28-11-13-29(14-12-28)10-9-27-22-16-21(22)18-7-5-17(6-8-18)19-3-2-4-20(15-19)23(24,25)26;;/h2-8,15,21-22,27H,9-14,16H2,1H3;2*1H/t21-,22+;;/m0../s1. The maximum Gasteiger partial charge on any atom is 0.416 e. The van der Waals surface area contributed by atoms with Gasteiger partial charge < -0.3 is 10.2 Å². The van der Waals surface area contributed by atoms with Crippen LogP contribution in [0.4, 0.5) is 13.2 Å². The molecule has 1 aliphatic carbocycles. The predicted octanol–water partition coefficient (Wildman–Crippen LogP) is 4.91. The maximum absolute atomic E-state index is 12.9. The molecule has 0 spiro atoms. The Morgan fingerprint density at radius 2 is 1.61 bits per heavy atom. The van der Waals surface area contributed by atoms with Gasteiger partial charge >= 0.3 is 6.18 Å². The smallest absolute Gasteiger partial charge is 0.312 e. The highest BCUT2D eigenvalue weighted by molar-refractivity contribution is 5.85. The third-order valence-corrected chi connectivity index (χ3v) is 6.08. The molecule has 2 aliphatic rings. The molecule has 1 saturated heterocycles.